The molecule has 1 aromatic heterocycles. The maximum atomic E-state index is 11.5. The first-order chi connectivity index (χ1) is 7.70. The van der Waals surface area contributed by atoms with E-state index < -0.39 is 0 Å². The summed E-state index contributed by atoms with van der Waals surface area (Å²) in [5, 5.41) is 0. The fourth-order valence-electron chi connectivity index (χ4n) is 2.38. The minimum Gasteiger partial charge on any atom is -0.481 e. The van der Waals surface area contributed by atoms with E-state index in [4.69, 9.17) is 10.5 Å². The maximum absolute atomic E-state index is 11.5. The molecule has 16 heavy (non-hydrogen) atoms. The lowest BCUT2D eigenvalue weighted by Crippen LogP contribution is -2.35. The fourth-order valence-corrected chi connectivity index (χ4v) is 2.38. The van der Waals surface area contributed by atoms with Crippen molar-refractivity contribution in [3.05, 3.63) is 22.2 Å². The number of hydrogen-bond acceptors (Lipinski definition) is 4. The van der Waals surface area contributed by atoms with Crippen LogP contribution in [0.15, 0.2) is 10.9 Å². The Morgan fingerprint density at radius 3 is 2.81 bits per heavy atom. The first-order valence-electron chi connectivity index (χ1n) is 5.56. The third-order valence-corrected chi connectivity index (χ3v) is 3.38. The number of rotatable bonds is 3. The summed E-state index contributed by atoms with van der Waals surface area (Å²) >= 11 is 0. The highest BCUT2D eigenvalue weighted by molar-refractivity contribution is 5.17. The van der Waals surface area contributed by atoms with E-state index in [0.717, 1.165) is 25.7 Å². The molecule has 1 aliphatic rings. The topological polar surface area (TPSA) is 81.0 Å². The van der Waals surface area contributed by atoms with Crippen molar-refractivity contribution in [1.29, 1.82) is 0 Å². The molecule has 1 fully saturated rings. The molecule has 0 atom stereocenters. The predicted octanol–water partition coefficient (Wildman–Crippen LogP) is 0.549. The molecule has 88 valence electrons. The van der Waals surface area contributed by atoms with Crippen molar-refractivity contribution < 1.29 is 4.74 Å². The molecule has 1 aliphatic carbocycles. The summed E-state index contributed by atoms with van der Waals surface area (Å²) in [6, 6.07) is 1.35. The van der Waals surface area contributed by atoms with Crippen LogP contribution < -0.4 is 16.0 Å². The normalized spacial score (nSPS) is 18.6. The number of nitrogens with two attached hydrogens (primary N) is 1. The van der Waals surface area contributed by atoms with Crippen molar-refractivity contribution in [2.75, 3.05) is 13.7 Å². The predicted molar refractivity (Wildman–Crippen MR) is 60.6 cm³/mol. The van der Waals surface area contributed by atoms with Crippen LogP contribution in [0.4, 0.5) is 0 Å². The Morgan fingerprint density at radius 2 is 2.25 bits per heavy atom. The highest BCUT2D eigenvalue weighted by Gasteiger charge is 2.36. The first kappa shape index (κ1) is 11.1. The van der Waals surface area contributed by atoms with Crippen LogP contribution in [0, 0.1) is 0 Å². The molecule has 1 aromatic rings. The number of hydrogen-bond donors (Lipinski definition) is 2. The van der Waals surface area contributed by atoms with Crippen LogP contribution in [0.1, 0.15) is 31.5 Å². The van der Waals surface area contributed by atoms with Crippen LogP contribution >= 0.6 is 0 Å². The third-order valence-electron chi connectivity index (χ3n) is 3.38. The molecular formula is C11H17N3O2. The van der Waals surface area contributed by atoms with E-state index in [1.807, 2.05) is 0 Å². The molecule has 2 rings (SSSR count). The van der Waals surface area contributed by atoms with Gasteiger partial charge < -0.3 is 15.5 Å². The number of H-pyrrole nitrogens is 1. The SMILES string of the molecule is COc1cc(=O)[nH]c(C2(CN)CCCC2)n1. The van der Waals surface area contributed by atoms with Crippen molar-refractivity contribution in [3.63, 3.8) is 0 Å². The third kappa shape index (κ3) is 1.82. The molecule has 0 aliphatic heterocycles. The molecule has 3 N–H and O–H groups in total. The Hall–Kier alpha value is -1.36. The quantitative estimate of drug-likeness (QED) is 0.784. The van der Waals surface area contributed by atoms with Crippen molar-refractivity contribution in [2.45, 2.75) is 31.1 Å². The average molecular weight is 223 g/mol. The molecule has 5 nitrogen and oxygen atoms in total. The molecule has 0 amide bonds. The zero-order chi connectivity index (χ0) is 11.6. The van der Waals surface area contributed by atoms with Gasteiger partial charge in [-0.05, 0) is 12.8 Å². The van der Waals surface area contributed by atoms with Gasteiger partial charge in [-0.15, -0.1) is 0 Å². The van der Waals surface area contributed by atoms with Crippen LogP contribution in [0.2, 0.25) is 0 Å². The molecule has 0 bridgehead atoms. The van der Waals surface area contributed by atoms with Crippen LogP contribution in [0.25, 0.3) is 0 Å². The van der Waals surface area contributed by atoms with E-state index >= 15 is 0 Å². The Kier molecular flexibility index (Phi) is 2.96. The Bertz CT molecular complexity index is 421. The first-order valence-corrected chi connectivity index (χ1v) is 5.56. The highest BCUT2D eigenvalue weighted by Crippen LogP contribution is 2.38. The molecule has 0 aromatic carbocycles. The summed E-state index contributed by atoms with van der Waals surface area (Å²) in [5.74, 6) is 1.04. The summed E-state index contributed by atoms with van der Waals surface area (Å²) in [6.07, 6.45) is 4.25. The monoisotopic (exact) mass is 223 g/mol. The molecule has 1 saturated carbocycles. The number of aromatic nitrogens is 2. The summed E-state index contributed by atoms with van der Waals surface area (Å²) in [5.41, 5.74) is 5.50. The molecule has 0 radical (unpaired) electrons. The van der Waals surface area contributed by atoms with Gasteiger partial charge in [-0.25, -0.2) is 0 Å². The van der Waals surface area contributed by atoms with Gasteiger partial charge in [0, 0.05) is 12.0 Å². The maximum Gasteiger partial charge on any atom is 0.254 e. The minimum atomic E-state index is -0.179. The lowest BCUT2D eigenvalue weighted by molar-refractivity contribution is 0.373. The summed E-state index contributed by atoms with van der Waals surface area (Å²) in [6.45, 7) is 0.517. The molecule has 1 heterocycles. The van der Waals surface area contributed by atoms with E-state index in [2.05, 4.69) is 9.97 Å². The van der Waals surface area contributed by atoms with Gasteiger partial charge in [0.05, 0.1) is 13.2 Å². The van der Waals surface area contributed by atoms with Gasteiger partial charge in [0.2, 0.25) is 5.88 Å². The molecular weight excluding hydrogens is 206 g/mol. The van der Waals surface area contributed by atoms with Crippen molar-refractivity contribution in [2.24, 2.45) is 5.73 Å². The fraction of sp³-hybridized carbons (Fsp3) is 0.636. The van der Waals surface area contributed by atoms with E-state index in [1.165, 1.54) is 13.2 Å². The molecule has 0 unspecified atom stereocenters. The molecule has 5 heteroatoms. The van der Waals surface area contributed by atoms with Gasteiger partial charge >= 0.3 is 0 Å². The van der Waals surface area contributed by atoms with Gasteiger partial charge in [-0.2, -0.15) is 4.98 Å². The van der Waals surface area contributed by atoms with Gasteiger partial charge in [0.25, 0.3) is 5.56 Å². The van der Waals surface area contributed by atoms with Crippen molar-refractivity contribution in [3.8, 4) is 5.88 Å². The smallest absolute Gasteiger partial charge is 0.254 e. The van der Waals surface area contributed by atoms with E-state index in [1.54, 1.807) is 0 Å². The zero-order valence-corrected chi connectivity index (χ0v) is 9.45. The van der Waals surface area contributed by atoms with Crippen LogP contribution in [-0.4, -0.2) is 23.6 Å². The minimum absolute atomic E-state index is 0.159. The number of ether oxygens (including phenoxy) is 1. The van der Waals surface area contributed by atoms with E-state index in [9.17, 15) is 4.79 Å². The summed E-state index contributed by atoms with van der Waals surface area (Å²) < 4.78 is 5.01. The Balaban J connectivity index is 2.45. The highest BCUT2D eigenvalue weighted by atomic mass is 16.5. The molecule has 0 saturated heterocycles. The number of aromatic amines is 1. The molecule has 0 spiro atoms. The number of nitrogens with zero attached hydrogens (tertiary/aromatic N) is 1. The Morgan fingerprint density at radius 1 is 1.56 bits per heavy atom. The average Bonchev–Trinajstić information content (AvgIpc) is 2.78. The summed E-state index contributed by atoms with van der Waals surface area (Å²) in [7, 11) is 1.51. The zero-order valence-electron chi connectivity index (χ0n) is 9.45. The lowest BCUT2D eigenvalue weighted by atomic mass is 9.85. The second-order valence-corrected chi connectivity index (χ2v) is 4.33. The second-order valence-electron chi connectivity index (χ2n) is 4.33. The lowest BCUT2D eigenvalue weighted by Gasteiger charge is -2.25. The standard InChI is InChI=1S/C11H17N3O2/c1-16-9-6-8(15)13-10(14-9)11(7-12)4-2-3-5-11/h6H,2-5,7,12H2,1H3,(H,13,14,15). The van der Waals surface area contributed by atoms with Gasteiger partial charge in [-0.1, -0.05) is 12.8 Å². The van der Waals surface area contributed by atoms with Crippen LogP contribution in [-0.2, 0) is 5.41 Å². The van der Waals surface area contributed by atoms with Crippen LogP contribution in [0.3, 0.4) is 0 Å². The largest absolute Gasteiger partial charge is 0.481 e. The second kappa shape index (κ2) is 4.25. The van der Waals surface area contributed by atoms with Gasteiger partial charge in [0.1, 0.15) is 5.82 Å². The van der Waals surface area contributed by atoms with Crippen molar-refractivity contribution in [1.82, 2.24) is 9.97 Å². The summed E-state index contributed by atoms with van der Waals surface area (Å²) in [4.78, 5) is 18.6. The van der Waals surface area contributed by atoms with Crippen LogP contribution in [0.5, 0.6) is 5.88 Å². The van der Waals surface area contributed by atoms with Gasteiger partial charge in [-0.3, -0.25) is 4.79 Å². The number of methoxy groups -OCH3 is 1. The van der Waals surface area contributed by atoms with Crippen molar-refractivity contribution >= 4 is 0 Å². The van der Waals surface area contributed by atoms with E-state index in [0.29, 0.717) is 18.2 Å². The van der Waals surface area contributed by atoms with Gasteiger partial charge in [0.15, 0.2) is 0 Å². The number of nitrogens with one attached hydrogen (secondary N) is 1. The Labute approximate surface area is 94.0 Å². The van der Waals surface area contributed by atoms with E-state index in [-0.39, 0.29) is 11.0 Å².